The van der Waals surface area contributed by atoms with Crippen molar-refractivity contribution in [3.8, 4) is 5.88 Å². The lowest BCUT2D eigenvalue weighted by Crippen LogP contribution is -2.13. The van der Waals surface area contributed by atoms with E-state index in [2.05, 4.69) is 10.3 Å². The van der Waals surface area contributed by atoms with E-state index in [0.717, 1.165) is 5.56 Å². The van der Waals surface area contributed by atoms with E-state index >= 15 is 0 Å². The van der Waals surface area contributed by atoms with Crippen LogP contribution in [0, 0.1) is 10.1 Å². The lowest BCUT2D eigenvalue weighted by Gasteiger charge is -2.07. The van der Waals surface area contributed by atoms with E-state index in [0.29, 0.717) is 29.6 Å². The second-order valence-electron chi connectivity index (χ2n) is 4.35. The van der Waals surface area contributed by atoms with Gasteiger partial charge in [-0.25, -0.2) is 4.98 Å². The minimum Gasteiger partial charge on any atom is -0.481 e. The maximum atomic E-state index is 10.7. The number of non-ortho nitro benzene ring substituents is 1. The SMILES string of the molecule is COc1ccc(CNCc2cc([N+](=O)[O-])ccc2Cl)cn1. The summed E-state index contributed by atoms with van der Waals surface area (Å²) in [5, 5.41) is 14.4. The van der Waals surface area contributed by atoms with E-state index in [-0.39, 0.29) is 5.69 Å². The Labute approximate surface area is 126 Å². The van der Waals surface area contributed by atoms with Gasteiger partial charge in [0.1, 0.15) is 0 Å². The number of nitrogens with zero attached hydrogens (tertiary/aromatic N) is 2. The molecular formula is C14H14ClN3O3. The molecule has 0 saturated heterocycles. The van der Waals surface area contributed by atoms with Gasteiger partial charge < -0.3 is 10.1 Å². The van der Waals surface area contributed by atoms with Gasteiger partial charge in [0.15, 0.2) is 0 Å². The maximum absolute atomic E-state index is 10.7. The molecule has 0 amide bonds. The fourth-order valence-electron chi connectivity index (χ4n) is 1.79. The van der Waals surface area contributed by atoms with Crippen molar-refractivity contribution >= 4 is 17.3 Å². The zero-order valence-electron chi connectivity index (χ0n) is 11.4. The van der Waals surface area contributed by atoms with Crippen LogP contribution in [0.1, 0.15) is 11.1 Å². The monoisotopic (exact) mass is 307 g/mol. The number of hydrogen-bond acceptors (Lipinski definition) is 5. The van der Waals surface area contributed by atoms with Gasteiger partial charge in [0.2, 0.25) is 5.88 Å². The van der Waals surface area contributed by atoms with Crippen molar-refractivity contribution in [2.24, 2.45) is 0 Å². The fourth-order valence-corrected chi connectivity index (χ4v) is 1.97. The normalized spacial score (nSPS) is 10.4. The Kier molecular flexibility index (Phi) is 5.08. The van der Waals surface area contributed by atoms with Crippen LogP contribution >= 0.6 is 11.6 Å². The molecule has 6 nitrogen and oxygen atoms in total. The highest BCUT2D eigenvalue weighted by atomic mass is 35.5. The van der Waals surface area contributed by atoms with Crippen LogP contribution in [0.5, 0.6) is 5.88 Å². The highest BCUT2D eigenvalue weighted by molar-refractivity contribution is 6.31. The molecule has 0 bridgehead atoms. The molecule has 110 valence electrons. The molecule has 0 aliphatic heterocycles. The predicted octanol–water partition coefficient (Wildman–Crippen LogP) is 2.94. The van der Waals surface area contributed by atoms with E-state index in [1.165, 1.54) is 18.2 Å². The molecule has 1 N–H and O–H groups in total. The van der Waals surface area contributed by atoms with Crippen LogP contribution < -0.4 is 10.1 Å². The van der Waals surface area contributed by atoms with Gasteiger partial charge >= 0.3 is 0 Å². The highest BCUT2D eigenvalue weighted by Crippen LogP contribution is 2.21. The van der Waals surface area contributed by atoms with Crippen molar-refractivity contribution in [1.29, 1.82) is 0 Å². The summed E-state index contributed by atoms with van der Waals surface area (Å²) in [6.07, 6.45) is 1.71. The molecule has 0 saturated carbocycles. The second kappa shape index (κ2) is 7.01. The molecule has 2 aromatic rings. The first-order chi connectivity index (χ1) is 10.1. The molecule has 0 unspecified atom stereocenters. The molecule has 21 heavy (non-hydrogen) atoms. The van der Waals surface area contributed by atoms with Gasteiger partial charge in [0, 0.05) is 42.5 Å². The van der Waals surface area contributed by atoms with Crippen molar-refractivity contribution in [3.05, 3.63) is 62.8 Å². The predicted molar refractivity (Wildman–Crippen MR) is 79.4 cm³/mol. The smallest absolute Gasteiger partial charge is 0.269 e. The fraction of sp³-hybridized carbons (Fsp3) is 0.214. The number of nitro groups is 1. The molecule has 0 aliphatic carbocycles. The molecule has 0 spiro atoms. The summed E-state index contributed by atoms with van der Waals surface area (Å²) in [4.78, 5) is 14.4. The summed E-state index contributed by atoms with van der Waals surface area (Å²) < 4.78 is 4.98. The van der Waals surface area contributed by atoms with Crippen LogP contribution in [-0.4, -0.2) is 17.0 Å². The van der Waals surface area contributed by atoms with Gasteiger partial charge in [-0.2, -0.15) is 0 Å². The number of ether oxygens (including phenoxy) is 1. The summed E-state index contributed by atoms with van der Waals surface area (Å²) in [7, 11) is 1.56. The van der Waals surface area contributed by atoms with Crippen LogP contribution in [-0.2, 0) is 13.1 Å². The summed E-state index contributed by atoms with van der Waals surface area (Å²) in [6.45, 7) is 1.02. The Morgan fingerprint density at radius 3 is 2.76 bits per heavy atom. The molecule has 1 heterocycles. The average Bonchev–Trinajstić information content (AvgIpc) is 2.49. The van der Waals surface area contributed by atoms with Crippen LogP contribution in [0.2, 0.25) is 5.02 Å². The third-order valence-electron chi connectivity index (χ3n) is 2.89. The Morgan fingerprint density at radius 1 is 1.33 bits per heavy atom. The third-order valence-corrected chi connectivity index (χ3v) is 3.26. The van der Waals surface area contributed by atoms with E-state index in [1.54, 1.807) is 19.4 Å². The molecule has 0 radical (unpaired) electrons. The van der Waals surface area contributed by atoms with Crippen molar-refractivity contribution in [2.45, 2.75) is 13.1 Å². The lowest BCUT2D eigenvalue weighted by molar-refractivity contribution is -0.384. The van der Waals surface area contributed by atoms with Crippen molar-refractivity contribution in [3.63, 3.8) is 0 Å². The first-order valence-electron chi connectivity index (χ1n) is 6.22. The molecule has 1 aromatic carbocycles. The Morgan fingerprint density at radius 2 is 2.14 bits per heavy atom. The zero-order chi connectivity index (χ0) is 15.2. The molecule has 0 fully saturated rings. The second-order valence-corrected chi connectivity index (χ2v) is 4.75. The minimum atomic E-state index is -0.437. The van der Waals surface area contributed by atoms with E-state index in [4.69, 9.17) is 16.3 Å². The van der Waals surface area contributed by atoms with Gasteiger partial charge in [-0.15, -0.1) is 0 Å². The quantitative estimate of drug-likeness (QED) is 0.656. The van der Waals surface area contributed by atoms with E-state index < -0.39 is 4.92 Å². The summed E-state index contributed by atoms with van der Waals surface area (Å²) >= 11 is 6.03. The number of methoxy groups -OCH3 is 1. The maximum Gasteiger partial charge on any atom is 0.269 e. The molecular weight excluding hydrogens is 294 g/mol. The number of halogens is 1. The topological polar surface area (TPSA) is 77.3 Å². The summed E-state index contributed by atoms with van der Waals surface area (Å²) in [6, 6.07) is 8.07. The molecule has 0 atom stereocenters. The molecule has 7 heteroatoms. The summed E-state index contributed by atoms with van der Waals surface area (Å²) in [5.74, 6) is 0.556. The van der Waals surface area contributed by atoms with Gasteiger partial charge in [-0.1, -0.05) is 17.7 Å². The number of pyridine rings is 1. The number of hydrogen-bond donors (Lipinski definition) is 1. The van der Waals surface area contributed by atoms with E-state index in [9.17, 15) is 10.1 Å². The van der Waals surface area contributed by atoms with Gasteiger partial charge in [0.05, 0.1) is 12.0 Å². The largest absolute Gasteiger partial charge is 0.481 e. The Balaban J connectivity index is 1.96. The van der Waals surface area contributed by atoms with Crippen molar-refractivity contribution in [1.82, 2.24) is 10.3 Å². The van der Waals surface area contributed by atoms with Crippen LogP contribution in [0.15, 0.2) is 36.5 Å². The lowest BCUT2D eigenvalue weighted by atomic mass is 10.2. The average molecular weight is 308 g/mol. The molecule has 1 aromatic heterocycles. The minimum absolute atomic E-state index is 0.0299. The Hall–Kier alpha value is -2.18. The number of benzene rings is 1. The molecule has 0 aliphatic rings. The number of nitro benzene ring substituents is 1. The van der Waals surface area contributed by atoms with Crippen molar-refractivity contribution in [2.75, 3.05) is 7.11 Å². The molecule has 2 rings (SSSR count). The van der Waals surface area contributed by atoms with E-state index in [1.807, 2.05) is 6.07 Å². The summed E-state index contributed by atoms with van der Waals surface area (Å²) in [5.41, 5.74) is 1.70. The number of aromatic nitrogens is 1. The first-order valence-corrected chi connectivity index (χ1v) is 6.60. The highest BCUT2D eigenvalue weighted by Gasteiger charge is 2.09. The van der Waals surface area contributed by atoms with Crippen molar-refractivity contribution < 1.29 is 9.66 Å². The van der Waals surface area contributed by atoms with Gasteiger partial charge in [0.25, 0.3) is 5.69 Å². The standard InChI is InChI=1S/C14H14ClN3O3/c1-21-14-5-2-10(8-17-14)7-16-9-11-6-12(18(19)20)3-4-13(11)15/h2-6,8,16H,7,9H2,1H3. The Bertz CT molecular complexity index is 632. The van der Waals surface area contributed by atoms with Crippen LogP contribution in [0.4, 0.5) is 5.69 Å². The van der Waals surface area contributed by atoms with Gasteiger partial charge in [-0.05, 0) is 17.2 Å². The third kappa shape index (κ3) is 4.14. The first kappa shape index (κ1) is 15.2. The van der Waals surface area contributed by atoms with Crippen LogP contribution in [0.3, 0.4) is 0 Å². The van der Waals surface area contributed by atoms with Gasteiger partial charge in [-0.3, -0.25) is 10.1 Å². The van der Waals surface area contributed by atoms with Crippen LogP contribution in [0.25, 0.3) is 0 Å². The number of nitrogens with one attached hydrogen (secondary N) is 1. The zero-order valence-corrected chi connectivity index (χ0v) is 12.1. The number of rotatable bonds is 6.